The van der Waals surface area contributed by atoms with Gasteiger partial charge in [0.15, 0.2) is 0 Å². The largest absolute Gasteiger partial charge is 0.305 e. The third-order valence-electron chi connectivity index (χ3n) is 4.19. The van der Waals surface area contributed by atoms with Crippen LogP contribution in [0.1, 0.15) is 69.7 Å². The summed E-state index contributed by atoms with van der Waals surface area (Å²) < 4.78 is 3.61. The number of carbonyl (C=O) groups is 1. The van der Waals surface area contributed by atoms with E-state index < -0.39 is 0 Å². The standard InChI is InChI=1S/C17H27N5O/c1-7-21-15(10-14(20-21)12(4)5)17(23)19-16-8-9-18-22(16)13(6)11(2)3/h8-13H,7H2,1-6H3,(H,19,23). The summed E-state index contributed by atoms with van der Waals surface area (Å²) in [6.45, 7) is 13.2. The number of amides is 1. The van der Waals surface area contributed by atoms with Crippen molar-refractivity contribution in [3.8, 4) is 0 Å². The highest BCUT2D eigenvalue weighted by Gasteiger charge is 2.19. The van der Waals surface area contributed by atoms with Crippen LogP contribution in [0.2, 0.25) is 0 Å². The Morgan fingerprint density at radius 1 is 1.26 bits per heavy atom. The highest BCUT2D eigenvalue weighted by Crippen LogP contribution is 2.22. The predicted octanol–water partition coefficient (Wildman–Crippen LogP) is 3.69. The number of anilines is 1. The monoisotopic (exact) mass is 317 g/mol. The first-order chi connectivity index (χ1) is 10.8. The number of aromatic nitrogens is 4. The van der Waals surface area contributed by atoms with E-state index in [9.17, 15) is 4.79 Å². The van der Waals surface area contributed by atoms with E-state index in [1.165, 1.54) is 0 Å². The number of hydrogen-bond donors (Lipinski definition) is 1. The highest BCUT2D eigenvalue weighted by molar-refractivity contribution is 6.02. The van der Waals surface area contributed by atoms with Crippen molar-refractivity contribution in [2.45, 2.75) is 60.0 Å². The summed E-state index contributed by atoms with van der Waals surface area (Å²) in [4.78, 5) is 12.7. The van der Waals surface area contributed by atoms with E-state index in [0.29, 0.717) is 29.9 Å². The quantitative estimate of drug-likeness (QED) is 0.883. The van der Waals surface area contributed by atoms with E-state index >= 15 is 0 Å². The Balaban J connectivity index is 2.25. The van der Waals surface area contributed by atoms with Crippen molar-refractivity contribution in [1.82, 2.24) is 19.6 Å². The molecule has 0 saturated carbocycles. The van der Waals surface area contributed by atoms with Crippen molar-refractivity contribution < 1.29 is 4.79 Å². The summed E-state index contributed by atoms with van der Waals surface area (Å²) in [7, 11) is 0. The summed E-state index contributed by atoms with van der Waals surface area (Å²) in [6, 6.07) is 3.91. The zero-order valence-electron chi connectivity index (χ0n) is 14.9. The van der Waals surface area contributed by atoms with Gasteiger partial charge in [-0.1, -0.05) is 27.7 Å². The Bertz CT molecular complexity index is 668. The molecule has 126 valence electrons. The van der Waals surface area contributed by atoms with Crippen LogP contribution >= 0.6 is 0 Å². The van der Waals surface area contributed by atoms with Crippen molar-refractivity contribution in [2.75, 3.05) is 5.32 Å². The molecule has 1 N–H and O–H groups in total. The minimum atomic E-state index is -0.149. The van der Waals surface area contributed by atoms with E-state index in [1.54, 1.807) is 10.9 Å². The smallest absolute Gasteiger partial charge is 0.275 e. The second-order valence-corrected chi connectivity index (χ2v) is 6.52. The zero-order chi connectivity index (χ0) is 17.1. The second kappa shape index (κ2) is 6.98. The maximum atomic E-state index is 12.7. The molecule has 2 rings (SSSR count). The van der Waals surface area contributed by atoms with Crippen molar-refractivity contribution in [3.63, 3.8) is 0 Å². The third-order valence-corrected chi connectivity index (χ3v) is 4.19. The molecule has 23 heavy (non-hydrogen) atoms. The van der Waals surface area contributed by atoms with Crippen LogP contribution in [0.3, 0.4) is 0 Å². The maximum Gasteiger partial charge on any atom is 0.275 e. The molecule has 2 heterocycles. The van der Waals surface area contributed by atoms with E-state index in [1.807, 2.05) is 23.7 Å². The van der Waals surface area contributed by atoms with Crippen LogP contribution in [0, 0.1) is 5.92 Å². The average Bonchev–Trinajstić information content (AvgIpc) is 3.12. The molecule has 0 spiro atoms. The van der Waals surface area contributed by atoms with Crippen LogP contribution in [0.5, 0.6) is 0 Å². The van der Waals surface area contributed by atoms with Gasteiger partial charge >= 0.3 is 0 Å². The molecule has 0 fully saturated rings. The first kappa shape index (κ1) is 17.2. The normalized spacial score (nSPS) is 12.9. The van der Waals surface area contributed by atoms with Gasteiger partial charge in [-0.15, -0.1) is 0 Å². The molecular formula is C17H27N5O. The van der Waals surface area contributed by atoms with Gasteiger partial charge in [-0.2, -0.15) is 10.2 Å². The van der Waals surface area contributed by atoms with Crippen molar-refractivity contribution in [2.24, 2.45) is 5.92 Å². The topological polar surface area (TPSA) is 64.7 Å². The first-order valence-corrected chi connectivity index (χ1v) is 8.27. The lowest BCUT2D eigenvalue weighted by Crippen LogP contribution is -2.22. The Labute approximate surface area is 137 Å². The molecule has 2 aromatic heterocycles. The molecule has 0 saturated heterocycles. The summed E-state index contributed by atoms with van der Waals surface area (Å²) in [5.41, 5.74) is 1.52. The van der Waals surface area contributed by atoms with Gasteiger partial charge in [0, 0.05) is 12.6 Å². The molecule has 6 nitrogen and oxygen atoms in total. The van der Waals surface area contributed by atoms with Crippen LogP contribution in [-0.2, 0) is 6.54 Å². The summed E-state index contributed by atoms with van der Waals surface area (Å²) in [5, 5.41) is 11.8. The minimum Gasteiger partial charge on any atom is -0.305 e. The zero-order valence-corrected chi connectivity index (χ0v) is 14.9. The highest BCUT2D eigenvalue weighted by atomic mass is 16.2. The average molecular weight is 317 g/mol. The number of hydrogen-bond acceptors (Lipinski definition) is 3. The Hall–Kier alpha value is -2.11. The maximum absolute atomic E-state index is 12.7. The lowest BCUT2D eigenvalue weighted by molar-refractivity contribution is 0.101. The number of nitrogens with zero attached hydrogens (tertiary/aromatic N) is 4. The minimum absolute atomic E-state index is 0.149. The molecule has 0 radical (unpaired) electrons. The molecule has 0 aliphatic carbocycles. The van der Waals surface area contributed by atoms with Gasteiger partial charge < -0.3 is 5.32 Å². The fourth-order valence-corrected chi connectivity index (χ4v) is 2.34. The van der Waals surface area contributed by atoms with Crippen LogP contribution in [0.15, 0.2) is 18.3 Å². The van der Waals surface area contributed by atoms with Crippen LogP contribution in [0.4, 0.5) is 5.82 Å². The van der Waals surface area contributed by atoms with Crippen molar-refractivity contribution in [1.29, 1.82) is 0 Å². The number of nitrogens with one attached hydrogen (secondary N) is 1. The van der Waals surface area contributed by atoms with Gasteiger partial charge in [0.1, 0.15) is 11.5 Å². The van der Waals surface area contributed by atoms with Gasteiger partial charge in [0.05, 0.1) is 17.9 Å². The fraction of sp³-hybridized carbons (Fsp3) is 0.588. The number of rotatable bonds is 6. The van der Waals surface area contributed by atoms with Crippen LogP contribution in [-0.4, -0.2) is 25.5 Å². The Morgan fingerprint density at radius 3 is 2.52 bits per heavy atom. The van der Waals surface area contributed by atoms with Gasteiger partial charge in [0.25, 0.3) is 5.91 Å². The molecule has 1 amide bonds. The van der Waals surface area contributed by atoms with E-state index in [4.69, 9.17) is 0 Å². The van der Waals surface area contributed by atoms with Crippen molar-refractivity contribution >= 4 is 11.7 Å². The molecule has 0 aliphatic heterocycles. The predicted molar refractivity (Wildman–Crippen MR) is 91.7 cm³/mol. The van der Waals surface area contributed by atoms with Gasteiger partial charge in [-0.25, -0.2) is 4.68 Å². The third kappa shape index (κ3) is 3.63. The molecule has 2 aromatic rings. The van der Waals surface area contributed by atoms with E-state index in [2.05, 4.69) is 50.1 Å². The van der Waals surface area contributed by atoms with Gasteiger partial charge in [-0.3, -0.25) is 9.48 Å². The first-order valence-electron chi connectivity index (χ1n) is 8.27. The number of carbonyl (C=O) groups excluding carboxylic acids is 1. The van der Waals surface area contributed by atoms with E-state index in [-0.39, 0.29) is 11.9 Å². The second-order valence-electron chi connectivity index (χ2n) is 6.52. The summed E-state index contributed by atoms with van der Waals surface area (Å²) in [6.07, 6.45) is 1.71. The summed E-state index contributed by atoms with van der Waals surface area (Å²) in [5.74, 6) is 1.29. The Morgan fingerprint density at radius 2 is 1.96 bits per heavy atom. The van der Waals surface area contributed by atoms with Crippen molar-refractivity contribution in [3.05, 3.63) is 29.7 Å². The molecule has 0 aromatic carbocycles. The molecule has 0 aliphatic rings. The van der Waals surface area contributed by atoms with Crippen LogP contribution in [0.25, 0.3) is 0 Å². The molecule has 6 heteroatoms. The fourth-order valence-electron chi connectivity index (χ4n) is 2.34. The molecule has 1 atom stereocenters. The molecule has 1 unspecified atom stereocenters. The molecule has 0 bridgehead atoms. The van der Waals surface area contributed by atoms with Crippen LogP contribution < -0.4 is 5.32 Å². The Kier molecular flexibility index (Phi) is 5.23. The summed E-state index contributed by atoms with van der Waals surface area (Å²) >= 11 is 0. The van der Waals surface area contributed by atoms with Gasteiger partial charge in [0.2, 0.25) is 0 Å². The lowest BCUT2D eigenvalue weighted by atomic mass is 10.1. The SMILES string of the molecule is CCn1nc(C(C)C)cc1C(=O)Nc1ccnn1C(C)C(C)C. The lowest BCUT2D eigenvalue weighted by Gasteiger charge is -2.19. The van der Waals surface area contributed by atoms with Gasteiger partial charge in [-0.05, 0) is 31.7 Å². The number of aryl methyl sites for hydroxylation is 1. The molecular weight excluding hydrogens is 290 g/mol. The van der Waals surface area contributed by atoms with E-state index in [0.717, 1.165) is 5.69 Å².